The smallest absolute Gasteiger partial charge is 0.146 e. The van der Waals surface area contributed by atoms with E-state index in [-0.39, 0.29) is 0 Å². The van der Waals surface area contributed by atoms with E-state index in [1.807, 2.05) is 37.3 Å². The van der Waals surface area contributed by atoms with E-state index in [1.165, 1.54) is 11.3 Å². The van der Waals surface area contributed by atoms with Crippen LogP contribution in [0, 0.1) is 0 Å². The van der Waals surface area contributed by atoms with Gasteiger partial charge in [0.05, 0.1) is 14.9 Å². The molecule has 2 heterocycles. The molecule has 0 aliphatic rings. The molecule has 1 N–H and O–H groups in total. The fourth-order valence-electron chi connectivity index (χ4n) is 1.13. The maximum Gasteiger partial charge on any atom is 0.146 e. The second-order valence-electron chi connectivity index (χ2n) is 3.13. The molecule has 0 saturated carbocycles. The predicted molar refractivity (Wildman–Crippen MR) is 69.4 cm³/mol. The van der Waals surface area contributed by atoms with Gasteiger partial charge in [0.2, 0.25) is 0 Å². The van der Waals surface area contributed by atoms with Gasteiger partial charge in [0.15, 0.2) is 0 Å². The van der Waals surface area contributed by atoms with Crippen molar-refractivity contribution in [1.29, 1.82) is 0 Å². The molecule has 0 aromatic carbocycles. The first-order valence-corrected chi connectivity index (χ1v) is 5.92. The van der Waals surface area contributed by atoms with Crippen LogP contribution in [0.15, 0.2) is 41.6 Å². The lowest BCUT2D eigenvalue weighted by molar-refractivity contribution is 1.22. The highest BCUT2D eigenvalue weighted by molar-refractivity contribution is 7.18. The molecular weight excluding hydrogens is 242 g/mol. The number of aromatic nitrogens is 1. The number of rotatable bonds is 3. The monoisotopic (exact) mass is 251 g/mol. The summed E-state index contributed by atoms with van der Waals surface area (Å²) < 4.78 is 0.766. The van der Waals surface area contributed by atoms with Gasteiger partial charge in [-0.1, -0.05) is 17.7 Å². The van der Waals surface area contributed by atoms with Crippen molar-refractivity contribution in [1.82, 2.24) is 4.98 Å². The minimum Gasteiger partial charge on any atom is -0.261 e. The van der Waals surface area contributed by atoms with Crippen molar-refractivity contribution in [2.45, 2.75) is 6.92 Å². The molecule has 5 heteroatoms. The molecule has 0 unspecified atom stereocenters. The Hall–Kier alpha value is -1.39. The third-order valence-electron chi connectivity index (χ3n) is 1.93. The molecule has 0 spiro atoms. The first kappa shape index (κ1) is 11.1. The van der Waals surface area contributed by atoms with E-state index in [2.05, 4.69) is 15.5 Å². The fraction of sp³-hybridized carbons (Fsp3) is 0.0909. The average Bonchev–Trinajstić information content (AvgIpc) is 2.74. The summed E-state index contributed by atoms with van der Waals surface area (Å²) in [4.78, 5) is 5.16. The van der Waals surface area contributed by atoms with Crippen molar-refractivity contribution in [2.24, 2.45) is 5.10 Å². The maximum atomic E-state index is 5.85. The zero-order chi connectivity index (χ0) is 11.4. The number of nitrogens with one attached hydrogen (secondary N) is 1. The van der Waals surface area contributed by atoms with Crippen LogP contribution in [-0.4, -0.2) is 10.7 Å². The number of pyridine rings is 1. The summed E-state index contributed by atoms with van der Waals surface area (Å²) in [5.74, 6) is 0.726. The van der Waals surface area contributed by atoms with Crippen LogP contribution >= 0.6 is 22.9 Å². The first-order chi connectivity index (χ1) is 7.75. The van der Waals surface area contributed by atoms with E-state index in [4.69, 9.17) is 11.6 Å². The van der Waals surface area contributed by atoms with Crippen molar-refractivity contribution in [3.8, 4) is 0 Å². The highest BCUT2D eigenvalue weighted by Gasteiger charge is 2.01. The number of anilines is 1. The minimum atomic E-state index is 0.726. The lowest BCUT2D eigenvalue weighted by Crippen LogP contribution is -1.98. The summed E-state index contributed by atoms with van der Waals surface area (Å²) in [7, 11) is 0. The standard InChI is InChI=1S/C11H10ClN3S/c1-8(9-5-6-10(12)16-9)14-15-11-4-2-3-7-13-11/h2-7H,1H3,(H,13,15). The Bertz CT molecular complexity index is 493. The second-order valence-corrected chi connectivity index (χ2v) is 4.84. The molecule has 82 valence electrons. The minimum absolute atomic E-state index is 0.726. The van der Waals surface area contributed by atoms with Crippen molar-refractivity contribution in [2.75, 3.05) is 5.43 Å². The van der Waals surface area contributed by atoms with Gasteiger partial charge in [0.25, 0.3) is 0 Å². The molecule has 0 amide bonds. The first-order valence-electron chi connectivity index (χ1n) is 4.73. The lowest BCUT2D eigenvalue weighted by Gasteiger charge is -1.99. The predicted octanol–water partition coefficient (Wildman–Crippen LogP) is 3.63. The molecule has 2 aromatic heterocycles. The van der Waals surface area contributed by atoms with Crippen molar-refractivity contribution in [3.05, 3.63) is 45.7 Å². The van der Waals surface area contributed by atoms with E-state index in [1.54, 1.807) is 6.20 Å². The Morgan fingerprint density at radius 3 is 2.88 bits per heavy atom. The molecular formula is C11H10ClN3S. The Labute approximate surface area is 103 Å². The summed E-state index contributed by atoms with van der Waals surface area (Å²) in [5, 5.41) is 4.23. The number of hydrogen-bond donors (Lipinski definition) is 1. The fourth-order valence-corrected chi connectivity index (χ4v) is 2.12. The highest BCUT2D eigenvalue weighted by atomic mass is 35.5. The second kappa shape index (κ2) is 5.09. The van der Waals surface area contributed by atoms with Crippen molar-refractivity contribution in [3.63, 3.8) is 0 Å². The van der Waals surface area contributed by atoms with Crippen LogP contribution < -0.4 is 5.43 Å². The molecule has 0 saturated heterocycles. The summed E-state index contributed by atoms with van der Waals surface area (Å²) in [6.07, 6.45) is 1.72. The molecule has 0 aliphatic heterocycles. The molecule has 3 nitrogen and oxygen atoms in total. The molecule has 16 heavy (non-hydrogen) atoms. The van der Waals surface area contributed by atoms with Gasteiger partial charge < -0.3 is 0 Å². The van der Waals surface area contributed by atoms with Gasteiger partial charge in [0.1, 0.15) is 5.82 Å². The van der Waals surface area contributed by atoms with Crippen LogP contribution in [-0.2, 0) is 0 Å². The van der Waals surface area contributed by atoms with Gasteiger partial charge >= 0.3 is 0 Å². The zero-order valence-electron chi connectivity index (χ0n) is 8.64. The largest absolute Gasteiger partial charge is 0.261 e. The Kier molecular flexibility index (Phi) is 3.54. The number of thiophene rings is 1. The SMILES string of the molecule is CC(=NNc1ccccn1)c1ccc(Cl)s1. The summed E-state index contributed by atoms with van der Waals surface area (Å²) in [6, 6.07) is 9.44. The average molecular weight is 252 g/mol. The quantitative estimate of drug-likeness (QED) is 0.668. The van der Waals surface area contributed by atoms with E-state index in [0.717, 1.165) is 20.7 Å². The Balaban J connectivity index is 2.08. The number of nitrogens with zero attached hydrogens (tertiary/aromatic N) is 2. The van der Waals surface area contributed by atoms with Crippen LogP contribution in [0.1, 0.15) is 11.8 Å². The van der Waals surface area contributed by atoms with E-state index in [0.29, 0.717) is 0 Å². The molecule has 0 bridgehead atoms. The third kappa shape index (κ3) is 2.81. The van der Waals surface area contributed by atoms with Gasteiger partial charge in [-0.15, -0.1) is 11.3 Å². The topological polar surface area (TPSA) is 37.3 Å². The molecule has 0 radical (unpaired) electrons. The lowest BCUT2D eigenvalue weighted by atomic mass is 10.3. The van der Waals surface area contributed by atoms with Gasteiger partial charge in [-0.05, 0) is 31.2 Å². The number of halogens is 1. The van der Waals surface area contributed by atoms with Crippen LogP contribution in [0.4, 0.5) is 5.82 Å². The molecule has 2 aromatic rings. The Morgan fingerprint density at radius 2 is 2.25 bits per heavy atom. The Morgan fingerprint density at radius 1 is 1.38 bits per heavy atom. The van der Waals surface area contributed by atoms with Crippen LogP contribution in [0.5, 0.6) is 0 Å². The van der Waals surface area contributed by atoms with Gasteiger partial charge in [-0.25, -0.2) is 4.98 Å². The van der Waals surface area contributed by atoms with Crippen LogP contribution in [0.3, 0.4) is 0 Å². The van der Waals surface area contributed by atoms with E-state index >= 15 is 0 Å². The van der Waals surface area contributed by atoms with Gasteiger partial charge in [0, 0.05) is 6.20 Å². The maximum absolute atomic E-state index is 5.85. The zero-order valence-corrected chi connectivity index (χ0v) is 10.2. The summed E-state index contributed by atoms with van der Waals surface area (Å²) in [5.41, 5.74) is 3.78. The van der Waals surface area contributed by atoms with Gasteiger partial charge in [-0.3, -0.25) is 5.43 Å². The summed E-state index contributed by atoms with van der Waals surface area (Å²) in [6.45, 7) is 1.93. The normalized spacial score (nSPS) is 11.5. The van der Waals surface area contributed by atoms with Crippen LogP contribution in [0.25, 0.3) is 0 Å². The van der Waals surface area contributed by atoms with Crippen molar-refractivity contribution < 1.29 is 0 Å². The number of hydrogen-bond acceptors (Lipinski definition) is 4. The van der Waals surface area contributed by atoms with Gasteiger partial charge in [-0.2, -0.15) is 5.10 Å². The van der Waals surface area contributed by atoms with Crippen molar-refractivity contribution >= 4 is 34.5 Å². The third-order valence-corrected chi connectivity index (χ3v) is 3.27. The van der Waals surface area contributed by atoms with E-state index < -0.39 is 0 Å². The number of hydrazone groups is 1. The molecule has 0 fully saturated rings. The van der Waals surface area contributed by atoms with Crippen LogP contribution in [0.2, 0.25) is 4.34 Å². The molecule has 0 atom stereocenters. The molecule has 0 aliphatic carbocycles. The highest BCUT2D eigenvalue weighted by Crippen LogP contribution is 2.21. The van der Waals surface area contributed by atoms with E-state index in [9.17, 15) is 0 Å². The summed E-state index contributed by atoms with van der Waals surface area (Å²) >= 11 is 7.36. The molecule has 2 rings (SSSR count).